The fourth-order valence-corrected chi connectivity index (χ4v) is 4.97. The van der Waals surface area contributed by atoms with Crippen LogP contribution < -0.4 is 0 Å². The molecule has 0 aromatic heterocycles. The Balaban J connectivity index is 1.73. The highest BCUT2D eigenvalue weighted by molar-refractivity contribution is 7.92. The van der Waals surface area contributed by atoms with E-state index in [1.54, 1.807) is 18.2 Å². The number of carbonyl (C=O) groups is 1. The molecule has 0 atom stereocenters. The van der Waals surface area contributed by atoms with Gasteiger partial charge in [0.25, 0.3) is 0 Å². The zero-order chi connectivity index (χ0) is 22.2. The van der Waals surface area contributed by atoms with E-state index in [-0.39, 0.29) is 0 Å². The van der Waals surface area contributed by atoms with E-state index in [2.05, 4.69) is 0 Å². The van der Waals surface area contributed by atoms with Gasteiger partial charge in [-0.15, -0.1) is 0 Å². The van der Waals surface area contributed by atoms with Crippen molar-refractivity contribution in [2.24, 2.45) is 0 Å². The first-order chi connectivity index (χ1) is 13.9. The molecule has 2 fully saturated rings. The summed E-state index contributed by atoms with van der Waals surface area (Å²) < 4.78 is 43.8. The molecule has 3 rings (SSSR count). The Hall–Kier alpha value is -1.74. The van der Waals surface area contributed by atoms with Gasteiger partial charge in [0.2, 0.25) is 10.0 Å². The van der Waals surface area contributed by atoms with Crippen molar-refractivity contribution in [1.29, 1.82) is 0 Å². The molecule has 0 amide bonds. The zero-order valence-corrected chi connectivity index (χ0v) is 19.2. The molecule has 8 heteroatoms. The summed E-state index contributed by atoms with van der Waals surface area (Å²) in [5.74, 6) is -1.00. The second kappa shape index (κ2) is 8.42. The third-order valence-corrected chi connectivity index (χ3v) is 6.86. The van der Waals surface area contributed by atoms with Crippen LogP contribution in [0.4, 0.5) is 0 Å². The summed E-state index contributed by atoms with van der Waals surface area (Å²) in [6.07, 6.45) is 2.66. The van der Waals surface area contributed by atoms with Crippen molar-refractivity contribution in [2.45, 2.75) is 58.8 Å². The smallest absolute Gasteiger partial charge is 0.338 e. The third-order valence-electron chi connectivity index (χ3n) is 5.29. The Kier molecular flexibility index (Phi) is 6.43. The van der Waals surface area contributed by atoms with E-state index in [0.29, 0.717) is 44.7 Å². The average Bonchev–Trinajstić information content (AvgIpc) is 3.07. The Morgan fingerprint density at radius 3 is 2.13 bits per heavy atom. The Morgan fingerprint density at radius 2 is 1.63 bits per heavy atom. The Labute approximate surface area is 179 Å². The van der Waals surface area contributed by atoms with Gasteiger partial charge in [0, 0.05) is 31.3 Å². The van der Waals surface area contributed by atoms with Crippen molar-refractivity contribution >= 4 is 22.1 Å². The van der Waals surface area contributed by atoms with Gasteiger partial charge >= 0.3 is 5.97 Å². The van der Waals surface area contributed by atoms with Crippen molar-refractivity contribution < 1.29 is 27.4 Å². The molecule has 2 aliphatic rings. The number of hydrogen-bond donors (Lipinski definition) is 0. The largest absolute Gasteiger partial charge is 0.456 e. The van der Waals surface area contributed by atoms with E-state index in [9.17, 15) is 13.2 Å². The monoisotopic (exact) mass is 437 g/mol. The van der Waals surface area contributed by atoms with E-state index < -0.39 is 27.4 Å². The number of ether oxygens (including phenoxy) is 3. The molecule has 166 valence electrons. The highest BCUT2D eigenvalue weighted by Crippen LogP contribution is 2.32. The molecule has 2 heterocycles. The topological polar surface area (TPSA) is 82.1 Å². The number of carbonyl (C=O) groups excluding carboxylic acids is 1. The molecule has 1 aromatic rings. The molecular weight excluding hydrogens is 406 g/mol. The molecule has 2 aliphatic heterocycles. The second-order valence-corrected chi connectivity index (χ2v) is 10.7. The highest BCUT2D eigenvalue weighted by atomic mass is 32.2. The van der Waals surface area contributed by atoms with Gasteiger partial charge in [-0.3, -0.25) is 0 Å². The minimum Gasteiger partial charge on any atom is -0.456 e. The van der Waals surface area contributed by atoms with Crippen LogP contribution in [0.5, 0.6) is 0 Å². The molecule has 0 aliphatic carbocycles. The maximum atomic E-state index is 12.8. The molecule has 2 saturated heterocycles. The number of benzene rings is 1. The fourth-order valence-electron chi connectivity index (χ4n) is 3.80. The number of aryl methyl sites for hydroxylation is 2. The maximum Gasteiger partial charge on any atom is 0.338 e. The molecule has 0 radical (unpaired) electrons. The lowest BCUT2D eigenvalue weighted by Gasteiger charge is -2.36. The standard InChI is InChI=1S/C22H31NO6S/c1-16-14-18(20(24)29-21(3,4)5)15-17(2)19(16)6-13-30(25,26)23-9-7-22(8-10-23)27-11-12-28-22/h6,13-15H,7-12H2,1-5H3/b13-6+. The van der Waals surface area contributed by atoms with E-state index in [4.69, 9.17) is 14.2 Å². The Bertz CT molecular complexity index is 906. The maximum absolute atomic E-state index is 12.8. The van der Waals surface area contributed by atoms with E-state index >= 15 is 0 Å². The summed E-state index contributed by atoms with van der Waals surface area (Å²) in [4.78, 5) is 12.3. The van der Waals surface area contributed by atoms with Gasteiger partial charge in [0.15, 0.2) is 5.79 Å². The van der Waals surface area contributed by atoms with Crippen LogP contribution in [0, 0.1) is 13.8 Å². The van der Waals surface area contributed by atoms with E-state index in [1.807, 2.05) is 34.6 Å². The summed E-state index contributed by atoms with van der Waals surface area (Å²) in [5, 5.41) is 1.24. The van der Waals surface area contributed by atoms with Crippen molar-refractivity contribution in [3.63, 3.8) is 0 Å². The molecule has 1 spiro atoms. The number of hydrogen-bond acceptors (Lipinski definition) is 6. The molecule has 0 unspecified atom stereocenters. The zero-order valence-electron chi connectivity index (χ0n) is 18.4. The van der Waals surface area contributed by atoms with Crippen LogP contribution in [0.25, 0.3) is 6.08 Å². The number of esters is 1. The first-order valence-corrected chi connectivity index (χ1v) is 11.7. The molecule has 7 nitrogen and oxygen atoms in total. The SMILES string of the molecule is Cc1cc(C(=O)OC(C)(C)C)cc(C)c1/C=C/S(=O)(=O)N1CCC2(CC1)OCCO2. The van der Waals surface area contributed by atoms with E-state index in [1.165, 1.54) is 9.71 Å². The predicted octanol–water partition coefficient (Wildman–Crippen LogP) is 3.40. The summed E-state index contributed by atoms with van der Waals surface area (Å²) in [6.45, 7) is 11.0. The van der Waals surface area contributed by atoms with Crippen LogP contribution in [0.1, 0.15) is 60.7 Å². The second-order valence-electron chi connectivity index (χ2n) is 8.88. The number of nitrogens with zero attached hydrogens (tertiary/aromatic N) is 1. The normalized spacial score (nSPS) is 20.2. The van der Waals surface area contributed by atoms with Crippen LogP contribution in [0.15, 0.2) is 17.5 Å². The molecule has 0 saturated carbocycles. The first-order valence-electron chi connectivity index (χ1n) is 10.2. The number of sulfonamides is 1. The lowest BCUT2D eigenvalue weighted by Crippen LogP contribution is -2.46. The van der Waals surface area contributed by atoms with Crippen molar-refractivity contribution in [2.75, 3.05) is 26.3 Å². The number of piperidine rings is 1. The first kappa shape index (κ1) is 22.9. The number of rotatable bonds is 4. The lowest BCUT2D eigenvalue weighted by atomic mass is 9.99. The molecule has 30 heavy (non-hydrogen) atoms. The van der Waals surface area contributed by atoms with Crippen molar-refractivity contribution in [1.82, 2.24) is 4.31 Å². The van der Waals surface area contributed by atoms with Crippen LogP contribution in [-0.2, 0) is 24.2 Å². The van der Waals surface area contributed by atoms with Gasteiger partial charge in [-0.1, -0.05) is 0 Å². The van der Waals surface area contributed by atoms with E-state index in [0.717, 1.165) is 16.7 Å². The highest BCUT2D eigenvalue weighted by Gasteiger charge is 2.41. The van der Waals surface area contributed by atoms with Crippen LogP contribution in [-0.4, -0.2) is 56.4 Å². The van der Waals surface area contributed by atoms with Crippen molar-refractivity contribution in [3.05, 3.63) is 39.8 Å². The molecular formula is C22H31NO6S. The van der Waals surface area contributed by atoms with Gasteiger partial charge < -0.3 is 14.2 Å². The summed E-state index contributed by atoms with van der Waals surface area (Å²) >= 11 is 0. The quantitative estimate of drug-likeness (QED) is 0.672. The van der Waals surface area contributed by atoms with Crippen LogP contribution in [0.3, 0.4) is 0 Å². The van der Waals surface area contributed by atoms with Crippen molar-refractivity contribution in [3.8, 4) is 0 Å². The van der Waals surface area contributed by atoms with Gasteiger partial charge in [0.05, 0.1) is 18.8 Å². The fraction of sp³-hybridized carbons (Fsp3) is 0.591. The lowest BCUT2D eigenvalue weighted by molar-refractivity contribution is -0.179. The average molecular weight is 438 g/mol. The molecule has 0 N–H and O–H groups in total. The van der Waals surface area contributed by atoms with Gasteiger partial charge in [-0.05, 0) is 69.5 Å². The van der Waals surface area contributed by atoms with Gasteiger partial charge in [-0.2, -0.15) is 4.31 Å². The summed E-state index contributed by atoms with van der Waals surface area (Å²) in [6, 6.07) is 3.46. The van der Waals surface area contributed by atoms with Gasteiger partial charge in [-0.25, -0.2) is 13.2 Å². The van der Waals surface area contributed by atoms with Crippen LogP contribution in [0.2, 0.25) is 0 Å². The van der Waals surface area contributed by atoms with Gasteiger partial charge in [0.1, 0.15) is 5.60 Å². The minimum atomic E-state index is -3.56. The molecule has 0 bridgehead atoms. The predicted molar refractivity (Wildman–Crippen MR) is 114 cm³/mol. The molecule has 1 aromatic carbocycles. The third kappa shape index (κ3) is 5.29. The summed E-state index contributed by atoms with van der Waals surface area (Å²) in [5.41, 5.74) is 2.28. The summed E-state index contributed by atoms with van der Waals surface area (Å²) in [7, 11) is -3.56. The Morgan fingerprint density at radius 1 is 1.10 bits per heavy atom. The van der Waals surface area contributed by atoms with Crippen LogP contribution >= 0.6 is 0 Å². The minimum absolute atomic E-state index is 0.363.